The number of nitrogens with zero attached hydrogens (tertiary/aromatic N) is 2. The van der Waals surface area contributed by atoms with Crippen molar-refractivity contribution in [2.24, 2.45) is 5.92 Å². The number of carbonyl (C=O) groups is 1. The Kier molecular flexibility index (Phi) is 5.00. The molecule has 0 aliphatic heterocycles. The van der Waals surface area contributed by atoms with Gasteiger partial charge in [0.25, 0.3) is 0 Å². The second-order valence-corrected chi connectivity index (χ2v) is 4.69. The van der Waals surface area contributed by atoms with Crippen molar-refractivity contribution in [1.82, 2.24) is 9.78 Å². The van der Waals surface area contributed by atoms with Crippen LogP contribution in [0.1, 0.15) is 39.3 Å². The highest BCUT2D eigenvalue weighted by atomic mass is 35.5. The lowest BCUT2D eigenvalue weighted by Crippen LogP contribution is -2.11. The fourth-order valence-electron chi connectivity index (χ4n) is 1.57. The summed E-state index contributed by atoms with van der Waals surface area (Å²) in [6, 6.07) is 0. The van der Waals surface area contributed by atoms with Gasteiger partial charge in [-0.25, -0.2) is 0 Å². The molecule has 0 aromatic carbocycles. The molecule has 1 aromatic rings. The topological polar surface area (TPSA) is 34.9 Å². The summed E-state index contributed by atoms with van der Waals surface area (Å²) in [6.45, 7) is 6.80. The van der Waals surface area contributed by atoms with Gasteiger partial charge in [0, 0.05) is 18.9 Å². The molecule has 4 heteroatoms. The van der Waals surface area contributed by atoms with Crippen LogP contribution in [0, 0.1) is 5.92 Å². The third-order valence-electron chi connectivity index (χ3n) is 2.59. The van der Waals surface area contributed by atoms with Gasteiger partial charge in [-0.05, 0) is 12.8 Å². The Balaban J connectivity index is 2.65. The Morgan fingerprint density at radius 3 is 2.81 bits per heavy atom. The maximum absolute atomic E-state index is 11.5. The van der Waals surface area contributed by atoms with Crippen LogP contribution < -0.4 is 0 Å². The first-order valence-electron chi connectivity index (χ1n) is 5.79. The molecular weight excluding hydrogens is 224 g/mol. The van der Waals surface area contributed by atoms with Gasteiger partial charge in [0.2, 0.25) is 0 Å². The van der Waals surface area contributed by atoms with Crippen LogP contribution in [0.3, 0.4) is 0 Å². The van der Waals surface area contributed by atoms with Crippen LogP contribution >= 0.6 is 11.6 Å². The normalized spacial score (nSPS) is 11.1. The van der Waals surface area contributed by atoms with E-state index in [9.17, 15) is 4.79 Å². The zero-order valence-corrected chi connectivity index (χ0v) is 10.9. The zero-order chi connectivity index (χ0) is 12.1. The van der Waals surface area contributed by atoms with Crippen LogP contribution in [0.15, 0.2) is 6.20 Å². The molecule has 1 aromatic heterocycles. The summed E-state index contributed by atoms with van der Waals surface area (Å²) in [5.74, 6) is 0.377. The van der Waals surface area contributed by atoms with E-state index in [0.717, 1.165) is 18.7 Å². The summed E-state index contributed by atoms with van der Waals surface area (Å²) in [7, 11) is 0. The molecule has 0 saturated carbocycles. The van der Waals surface area contributed by atoms with Gasteiger partial charge in [0.15, 0.2) is 0 Å². The van der Waals surface area contributed by atoms with E-state index in [0.29, 0.717) is 17.9 Å². The van der Waals surface area contributed by atoms with Crippen molar-refractivity contribution >= 4 is 17.4 Å². The minimum absolute atomic E-state index is 0.0984. The second-order valence-electron chi connectivity index (χ2n) is 4.28. The first-order valence-corrected chi connectivity index (χ1v) is 6.17. The molecule has 0 bridgehead atoms. The molecule has 90 valence electrons. The molecule has 0 amide bonds. The Morgan fingerprint density at radius 1 is 1.56 bits per heavy atom. The van der Waals surface area contributed by atoms with Crippen LogP contribution in [-0.2, 0) is 17.8 Å². The van der Waals surface area contributed by atoms with E-state index in [1.54, 1.807) is 6.20 Å². The first kappa shape index (κ1) is 13.2. The van der Waals surface area contributed by atoms with Crippen LogP contribution in [-0.4, -0.2) is 15.6 Å². The molecule has 0 N–H and O–H groups in total. The molecule has 0 fully saturated rings. The van der Waals surface area contributed by atoms with Gasteiger partial charge in [0.1, 0.15) is 5.78 Å². The van der Waals surface area contributed by atoms with E-state index in [4.69, 9.17) is 11.6 Å². The fraction of sp³-hybridized carbons (Fsp3) is 0.667. The average molecular weight is 243 g/mol. The zero-order valence-electron chi connectivity index (χ0n) is 10.2. The van der Waals surface area contributed by atoms with E-state index in [1.165, 1.54) is 0 Å². The number of aromatic nitrogens is 2. The Labute approximate surface area is 102 Å². The summed E-state index contributed by atoms with van der Waals surface area (Å²) in [5.41, 5.74) is 0.984. The first-order chi connectivity index (χ1) is 7.56. The van der Waals surface area contributed by atoms with Gasteiger partial charge in [-0.15, -0.1) is 0 Å². The van der Waals surface area contributed by atoms with E-state index in [2.05, 4.69) is 12.0 Å². The number of carbonyl (C=O) groups excluding carboxylic acids is 1. The molecule has 0 aliphatic rings. The molecule has 0 aliphatic carbocycles. The van der Waals surface area contributed by atoms with E-state index >= 15 is 0 Å². The largest absolute Gasteiger partial charge is 0.299 e. The smallest absolute Gasteiger partial charge is 0.135 e. The number of halogens is 1. The van der Waals surface area contributed by atoms with Crippen molar-refractivity contribution in [1.29, 1.82) is 0 Å². The lowest BCUT2D eigenvalue weighted by molar-refractivity contribution is -0.121. The third-order valence-corrected chi connectivity index (χ3v) is 2.90. The number of aryl methyl sites for hydroxylation is 1. The maximum Gasteiger partial charge on any atom is 0.135 e. The highest BCUT2D eigenvalue weighted by Crippen LogP contribution is 2.18. The van der Waals surface area contributed by atoms with Gasteiger partial charge in [-0.3, -0.25) is 9.48 Å². The molecule has 0 radical (unpaired) electrons. The number of ketones is 1. The average Bonchev–Trinajstić information content (AvgIpc) is 2.57. The molecular formula is C12H19ClN2O. The second kappa shape index (κ2) is 6.04. The quantitative estimate of drug-likeness (QED) is 0.768. The van der Waals surface area contributed by atoms with Crippen LogP contribution in [0.2, 0.25) is 5.02 Å². The predicted octanol–water partition coefficient (Wildman–Crippen LogP) is 3.10. The van der Waals surface area contributed by atoms with E-state index < -0.39 is 0 Å². The maximum atomic E-state index is 11.5. The van der Waals surface area contributed by atoms with Crippen LogP contribution in [0.25, 0.3) is 0 Å². The number of hydrogen-bond donors (Lipinski definition) is 0. The van der Waals surface area contributed by atoms with Gasteiger partial charge < -0.3 is 0 Å². The van der Waals surface area contributed by atoms with Crippen molar-refractivity contribution < 1.29 is 4.79 Å². The van der Waals surface area contributed by atoms with E-state index in [1.807, 2.05) is 18.5 Å². The van der Waals surface area contributed by atoms with Crippen molar-refractivity contribution in [2.75, 3.05) is 0 Å². The fourth-order valence-corrected chi connectivity index (χ4v) is 1.81. The van der Waals surface area contributed by atoms with Crippen LogP contribution in [0.4, 0.5) is 0 Å². The van der Waals surface area contributed by atoms with Gasteiger partial charge in [-0.1, -0.05) is 32.4 Å². The summed E-state index contributed by atoms with van der Waals surface area (Å²) in [5, 5.41) is 4.87. The van der Waals surface area contributed by atoms with Crippen molar-refractivity contribution in [3.05, 3.63) is 16.9 Å². The molecule has 0 saturated heterocycles. The molecule has 1 rings (SSSR count). The van der Waals surface area contributed by atoms with Crippen LogP contribution in [0.5, 0.6) is 0 Å². The van der Waals surface area contributed by atoms with Crippen molar-refractivity contribution in [3.63, 3.8) is 0 Å². The van der Waals surface area contributed by atoms with E-state index in [-0.39, 0.29) is 11.7 Å². The highest BCUT2D eigenvalue weighted by Gasteiger charge is 2.12. The molecule has 1 heterocycles. The minimum atomic E-state index is 0.0984. The monoisotopic (exact) mass is 242 g/mol. The number of rotatable bonds is 6. The van der Waals surface area contributed by atoms with Crippen molar-refractivity contribution in [3.8, 4) is 0 Å². The predicted molar refractivity (Wildman–Crippen MR) is 65.7 cm³/mol. The molecule has 0 atom stereocenters. The van der Waals surface area contributed by atoms with Gasteiger partial charge >= 0.3 is 0 Å². The summed E-state index contributed by atoms with van der Waals surface area (Å²) in [4.78, 5) is 11.5. The molecule has 0 unspecified atom stereocenters. The standard InChI is InChI=1S/C12H19ClN2O/c1-4-7-15-11(10(13)8-14-15)5-6-12(16)9(2)3/h8-9H,4-7H2,1-3H3. The van der Waals surface area contributed by atoms with Gasteiger partial charge in [0.05, 0.1) is 16.9 Å². The molecule has 3 nitrogen and oxygen atoms in total. The minimum Gasteiger partial charge on any atom is -0.299 e. The summed E-state index contributed by atoms with van der Waals surface area (Å²) < 4.78 is 1.90. The molecule has 16 heavy (non-hydrogen) atoms. The third kappa shape index (κ3) is 3.34. The Hall–Kier alpha value is -0.830. The summed E-state index contributed by atoms with van der Waals surface area (Å²) in [6.07, 6.45) is 3.91. The van der Waals surface area contributed by atoms with Crippen molar-refractivity contribution in [2.45, 2.75) is 46.6 Å². The molecule has 0 spiro atoms. The highest BCUT2D eigenvalue weighted by molar-refractivity contribution is 6.31. The number of hydrogen-bond acceptors (Lipinski definition) is 2. The Bertz CT molecular complexity index is 358. The number of Topliss-reactive ketones (excluding diaryl/α,β-unsaturated/α-hetero) is 1. The summed E-state index contributed by atoms with van der Waals surface area (Å²) >= 11 is 6.05. The lowest BCUT2D eigenvalue weighted by atomic mass is 10.0. The van der Waals surface area contributed by atoms with Gasteiger partial charge in [-0.2, -0.15) is 5.10 Å². The SMILES string of the molecule is CCCn1ncc(Cl)c1CCC(=O)C(C)C. The lowest BCUT2D eigenvalue weighted by Gasteiger charge is -2.07. The Morgan fingerprint density at radius 2 is 2.25 bits per heavy atom.